The molecule has 134 valence electrons. The summed E-state index contributed by atoms with van der Waals surface area (Å²) >= 11 is 1.40. The molecule has 6 nitrogen and oxygen atoms in total. The third-order valence-electron chi connectivity index (χ3n) is 4.35. The zero-order valence-electron chi connectivity index (χ0n) is 15.5. The average Bonchev–Trinajstić information content (AvgIpc) is 3.01. The van der Waals surface area contributed by atoms with E-state index in [4.69, 9.17) is 19.4 Å². The molecule has 0 aliphatic rings. The maximum atomic E-state index is 9.39. The number of nitriles is 1. The zero-order chi connectivity index (χ0) is 18.8. The van der Waals surface area contributed by atoms with Crippen LogP contribution in [0.25, 0.3) is 21.6 Å². The maximum Gasteiger partial charge on any atom is 0.163 e. The smallest absolute Gasteiger partial charge is 0.163 e. The van der Waals surface area contributed by atoms with Crippen molar-refractivity contribution in [3.05, 3.63) is 28.6 Å². The Labute approximate surface area is 156 Å². The molecule has 0 bridgehead atoms. The van der Waals surface area contributed by atoms with Crippen LogP contribution in [0.1, 0.15) is 17.4 Å². The molecule has 0 aliphatic carbocycles. The number of hydrogen-bond acceptors (Lipinski definition) is 7. The van der Waals surface area contributed by atoms with Crippen molar-refractivity contribution in [2.75, 3.05) is 32.7 Å². The Morgan fingerprint density at radius 3 is 2.54 bits per heavy atom. The minimum atomic E-state index is 0.597. The van der Waals surface area contributed by atoms with Gasteiger partial charge in [-0.15, -0.1) is 11.3 Å². The molecule has 1 aromatic carbocycles. The Morgan fingerprint density at radius 2 is 1.92 bits per heavy atom. The van der Waals surface area contributed by atoms with Crippen LogP contribution in [-0.4, -0.2) is 37.8 Å². The zero-order valence-corrected chi connectivity index (χ0v) is 16.3. The van der Waals surface area contributed by atoms with E-state index in [1.807, 2.05) is 32.2 Å². The van der Waals surface area contributed by atoms with Crippen LogP contribution in [0.5, 0.6) is 11.5 Å². The number of ether oxygens (including phenoxy) is 2. The van der Waals surface area contributed by atoms with Gasteiger partial charge in [0.25, 0.3) is 0 Å². The second-order valence-corrected chi connectivity index (χ2v) is 6.80. The van der Waals surface area contributed by atoms with Crippen LogP contribution in [0.2, 0.25) is 0 Å². The van der Waals surface area contributed by atoms with E-state index in [0.29, 0.717) is 22.2 Å². The molecule has 0 N–H and O–H groups in total. The van der Waals surface area contributed by atoms with E-state index in [9.17, 15) is 5.26 Å². The molecule has 0 aliphatic heterocycles. The van der Waals surface area contributed by atoms with Crippen LogP contribution in [0.3, 0.4) is 0 Å². The fraction of sp³-hybridized carbons (Fsp3) is 0.316. The lowest BCUT2D eigenvalue weighted by Gasteiger charge is -2.18. The van der Waals surface area contributed by atoms with E-state index in [1.165, 1.54) is 11.3 Å². The Balaban J connectivity index is 2.26. The van der Waals surface area contributed by atoms with Gasteiger partial charge in [-0.05, 0) is 37.6 Å². The lowest BCUT2D eigenvalue weighted by molar-refractivity contribution is 0.355. The summed E-state index contributed by atoms with van der Waals surface area (Å²) in [5, 5.41) is 10.3. The van der Waals surface area contributed by atoms with E-state index in [1.54, 1.807) is 14.2 Å². The van der Waals surface area contributed by atoms with Gasteiger partial charge >= 0.3 is 0 Å². The molecule has 3 aromatic rings. The number of anilines is 1. The summed E-state index contributed by atoms with van der Waals surface area (Å²) in [6.45, 7) is 4.81. The van der Waals surface area contributed by atoms with Gasteiger partial charge in [-0.2, -0.15) is 5.26 Å². The van der Waals surface area contributed by atoms with Gasteiger partial charge in [0, 0.05) is 19.2 Å². The minimum Gasteiger partial charge on any atom is -0.493 e. The van der Waals surface area contributed by atoms with E-state index in [0.717, 1.165) is 33.7 Å². The Morgan fingerprint density at radius 1 is 1.19 bits per heavy atom. The Hall–Kier alpha value is -2.85. The van der Waals surface area contributed by atoms with Crippen molar-refractivity contribution >= 4 is 27.4 Å². The first-order valence-electron chi connectivity index (χ1n) is 8.18. The normalized spacial score (nSPS) is 10.6. The number of methoxy groups -OCH3 is 2. The topological polar surface area (TPSA) is 71.3 Å². The van der Waals surface area contributed by atoms with Crippen molar-refractivity contribution in [3.63, 3.8) is 0 Å². The summed E-state index contributed by atoms with van der Waals surface area (Å²) in [7, 11) is 5.19. The van der Waals surface area contributed by atoms with Gasteiger partial charge in [0.1, 0.15) is 21.6 Å². The van der Waals surface area contributed by atoms with Crippen molar-refractivity contribution in [1.82, 2.24) is 9.97 Å². The fourth-order valence-electron chi connectivity index (χ4n) is 2.75. The van der Waals surface area contributed by atoms with Crippen LogP contribution in [0, 0.1) is 18.3 Å². The van der Waals surface area contributed by atoms with Crippen LogP contribution >= 0.6 is 11.3 Å². The summed E-state index contributed by atoms with van der Waals surface area (Å²) in [5.74, 6) is 2.71. The molecular formula is C19H20N4O2S. The predicted molar refractivity (Wildman–Crippen MR) is 104 cm³/mol. The summed E-state index contributed by atoms with van der Waals surface area (Å²) in [5.41, 5.74) is 1.77. The number of thiophene rings is 1. The molecule has 0 saturated heterocycles. The molecule has 0 amide bonds. The van der Waals surface area contributed by atoms with Crippen molar-refractivity contribution < 1.29 is 9.47 Å². The van der Waals surface area contributed by atoms with Crippen molar-refractivity contribution in [1.29, 1.82) is 5.26 Å². The highest BCUT2D eigenvalue weighted by atomic mass is 32.1. The minimum absolute atomic E-state index is 0.597. The first kappa shape index (κ1) is 18.0. The summed E-state index contributed by atoms with van der Waals surface area (Å²) < 4.78 is 10.7. The molecule has 0 saturated carbocycles. The number of hydrogen-bond donors (Lipinski definition) is 0. The first-order valence-corrected chi connectivity index (χ1v) is 9.00. The number of benzene rings is 1. The molecule has 0 fully saturated rings. The monoisotopic (exact) mass is 368 g/mol. The highest BCUT2D eigenvalue weighted by Gasteiger charge is 2.19. The molecule has 26 heavy (non-hydrogen) atoms. The third-order valence-corrected chi connectivity index (χ3v) is 5.44. The summed E-state index contributed by atoms with van der Waals surface area (Å²) in [4.78, 5) is 13.1. The van der Waals surface area contributed by atoms with Gasteiger partial charge in [0.15, 0.2) is 17.3 Å². The fourth-order valence-corrected chi connectivity index (χ4v) is 3.73. The predicted octanol–water partition coefficient (Wildman–Crippen LogP) is 4.01. The number of nitrogens with zero attached hydrogens (tertiary/aromatic N) is 4. The molecule has 0 atom stereocenters. The first-order chi connectivity index (χ1) is 12.5. The third kappa shape index (κ3) is 2.93. The largest absolute Gasteiger partial charge is 0.493 e. The summed E-state index contributed by atoms with van der Waals surface area (Å²) in [6.07, 6.45) is 0. The highest BCUT2D eigenvalue weighted by molar-refractivity contribution is 7.19. The van der Waals surface area contributed by atoms with Crippen LogP contribution in [0.4, 0.5) is 5.82 Å². The van der Waals surface area contributed by atoms with E-state index in [2.05, 4.69) is 17.9 Å². The van der Waals surface area contributed by atoms with Crippen LogP contribution in [-0.2, 0) is 0 Å². The molecule has 2 aromatic heterocycles. The maximum absolute atomic E-state index is 9.39. The number of fused-ring (bicyclic) bond motifs is 1. The van der Waals surface area contributed by atoms with Crippen LogP contribution < -0.4 is 14.4 Å². The SMILES string of the molecule is CCN(C)c1nc(-c2ccc(OC)c(OC)c2)nc2sc(C#N)c(C)c12. The molecular weight excluding hydrogens is 348 g/mol. The van der Waals surface area contributed by atoms with Gasteiger partial charge in [-0.3, -0.25) is 0 Å². The van der Waals surface area contributed by atoms with E-state index in [-0.39, 0.29) is 0 Å². The standard InChI is InChI=1S/C19H20N4O2S/c1-6-23(3)18-16-11(2)15(10-20)26-19(16)22-17(21-18)12-7-8-13(24-4)14(9-12)25-5/h7-9H,6H2,1-5H3. The molecule has 2 heterocycles. The van der Waals surface area contributed by atoms with Crippen molar-refractivity contribution in [3.8, 4) is 29.0 Å². The van der Waals surface area contributed by atoms with Crippen LogP contribution in [0.15, 0.2) is 18.2 Å². The second-order valence-electron chi connectivity index (χ2n) is 5.80. The number of rotatable bonds is 5. The Bertz CT molecular complexity index is 1010. The summed E-state index contributed by atoms with van der Waals surface area (Å²) in [6, 6.07) is 7.86. The van der Waals surface area contributed by atoms with Crippen molar-refractivity contribution in [2.45, 2.75) is 13.8 Å². The lowest BCUT2D eigenvalue weighted by Crippen LogP contribution is -2.18. The van der Waals surface area contributed by atoms with Crippen molar-refractivity contribution in [2.24, 2.45) is 0 Å². The Kier molecular flexibility index (Phi) is 4.96. The van der Waals surface area contributed by atoms with Gasteiger partial charge in [-0.1, -0.05) is 0 Å². The van der Waals surface area contributed by atoms with E-state index < -0.39 is 0 Å². The van der Waals surface area contributed by atoms with Gasteiger partial charge < -0.3 is 14.4 Å². The number of aryl methyl sites for hydroxylation is 1. The number of aromatic nitrogens is 2. The van der Waals surface area contributed by atoms with Gasteiger partial charge in [0.05, 0.1) is 19.6 Å². The quantitative estimate of drug-likeness (QED) is 0.677. The molecule has 0 spiro atoms. The molecule has 3 rings (SSSR count). The highest BCUT2D eigenvalue weighted by Crippen LogP contribution is 2.37. The van der Waals surface area contributed by atoms with Gasteiger partial charge in [0.2, 0.25) is 0 Å². The molecule has 7 heteroatoms. The second kappa shape index (κ2) is 7.18. The molecule has 0 radical (unpaired) electrons. The lowest BCUT2D eigenvalue weighted by atomic mass is 10.1. The van der Waals surface area contributed by atoms with Gasteiger partial charge in [-0.25, -0.2) is 9.97 Å². The average molecular weight is 368 g/mol. The van der Waals surface area contributed by atoms with E-state index >= 15 is 0 Å². The molecule has 0 unspecified atom stereocenters.